The topological polar surface area (TPSA) is 64.1 Å². The van der Waals surface area contributed by atoms with E-state index in [-0.39, 0.29) is 0 Å². The second kappa shape index (κ2) is 4.61. The summed E-state index contributed by atoms with van der Waals surface area (Å²) in [6.45, 7) is 0. The van der Waals surface area contributed by atoms with Crippen LogP contribution in [0.3, 0.4) is 0 Å². The van der Waals surface area contributed by atoms with Gasteiger partial charge in [-0.15, -0.1) is 0 Å². The van der Waals surface area contributed by atoms with Crippen molar-refractivity contribution in [2.45, 2.75) is 0 Å². The zero-order valence-corrected chi connectivity index (χ0v) is 10.7. The molecule has 3 nitrogen and oxygen atoms in total. The molecule has 0 aliphatic carbocycles. The molecule has 0 radical (unpaired) electrons. The molecule has 5 N–H and O–H groups in total. The Hall–Kier alpha value is -1.43. The molecular weight excluding hydrogens is 313 g/mol. The molecule has 0 aliphatic rings. The first kappa shape index (κ1) is 11.1. The predicted molar refractivity (Wildman–Crippen MR) is 77.7 cm³/mol. The van der Waals surface area contributed by atoms with Crippen molar-refractivity contribution in [1.29, 1.82) is 0 Å². The fourth-order valence-electron chi connectivity index (χ4n) is 1.35. The van der Waals surface area contributed by atoms with E-state index in [0.29, 0.717) is 11.4 Å². The number of halogens is 1. The first-order valence-electron chi connectivity index (χ1n) is 4.83. The van der Waals surface area contributed by atoms with Crippen molar-refractivity contribution in [3.8, 4) is 0 Å². The van der Waals surface area contributed by atoms with Crippen LogP contribution in [0.25, 0.3) is 0 Å². The van der Waals surface area contributed by atoms with Crippen LogP contribution < -0.4 is 16.8 Å². The summed E-state index contributed by atoms with van der Waals surface area (Å²) < 4.78 is 1.21. The molecule has 16 heavy (non-hydrogen) atoms. The molecule has 0 aliphatic heterocycles. The maximum absolute atomic E-state index is 5.73. The van der Waals surface area contributed by atoms with E-state index in [0.717, 1.165) is 11.4 Å². The maximum Gasteiger partial charge on any atom is 0.0568 e. The van der Waals surface area contributed by atoms with Gasteiger partial charge in [0.15, 0.2) is 0 Å². The molecule has 0 unspecified atom stereocenters. The number of rotatable bonds is 2. The van der Waals surface area contributed by atoms with Crippen molar-refractivity contribution < 1.29 is 0 Å². The number of nitrogens with two attached hydrogens (primary N) is 2. The van der Waals surface area contributed by atoms with Crippen molar-refractivity contribution in [3.63, 3.8) is 0 Å². The summed E-state index contributed by atoms with van der Waals surface area (Å²) in [4.78, 5) is 0. The smallest absolute Gasteiger partial charge is 0.0568 e. The Labute approximate surface area is 108 Å². The van der Waals surface area contributed by atoms with Gasteiger partial charge in [0, 0.05) is 14.9 Å². The lowest BCUT2D eigenvalue weighted by Crippen LogP contribution is -1.96. The lowest BCUT2D eigenvalue weighted by atomic mass is 10.2. The SMILES string of the molecule is Nc1ccc(Nc2ccc(I)cc2)cc1N. The Bertz CT molecular complexity index is 494. The molecule has 0 fully saturated rings. The highest BCUT2D eigenvalue weighted by Crippen LogP contribution is 2.23. The van der Waals surface area contributed by atoms with Crippen molar-refractivity contribution in [2.75, 3.05) is 16.8 Å². The molecular formula is C12H12IN3. The second-order valence-corrected chi connectivity index (χ2v) is 4.72. The third-order valence-electron chi connectivity index (χ3n) is 2.22. The minimum atomic E-state index is 0.593. The fourth-order valence-corrected chi connectivity index (χ4v) is 1.71. The largest absolute Gasteiger partial charge is 0.397 e. The van der Waals surface area contributed by atoms with E-state index < -0.39 is 0 Å². The molecule has 82 valence electrons. The van der Waals surface area contributed by atoms with E-state index in [1.807, 2.05) is 36.4 Å². The monoisotopic (exact) mass is 325 g/mol. The number of nitrogens with one attached hydrogen (secondary N) is 1. The molecule has 0 heterocycles. The van der Waals surface area contributed by atoms with E-state index in [2.05, 4.69) is 27.9 Å². The summed E-state index contributed by atoms with van der Waals surface area (Å²) in [5.41, 5.74) is 14.5. The third kappa shape index (κ3) is 2.57. The van der Waals surface area contributed by atoms with Crippen molar-refractivity contribution in [1.82, 2.24) is 0 Å². The highest BCUT2D eigenvalue weighted by molar-refractivity contribution is 14.1. The lowest BCUT2D eigenvalue weighted by Gasteiger charge is -2.08. The molecule has 2 aromatic carbocycles. The molecule has 2 aromatic rings. The normalized spacial score (nSPS) is 10.1. The van der Waals surface area contributed by atoms with Gasteiger partial charge in [0.2, 0.25) is 0 Å². The predicted octanol–water partition coefficient (Wildman–Crippen LogP) is 3.20. The van der Waals surface area contributed by atoms with Gasteiger partial charge < -0.3 is 16.8 Å². The van der Waals surface area contributed by atoms with Crippen LogP contribution in [0.2, 0.25) is 0 Å². The molecule has 4 heteroatoms. The number of hydrogen-bond acceptors (Lipinski definition) is 3. The van der Waals surface area contributed by atoms with Crippen LogP contribution in [0, 0.1) is 3.57 Å². The highest BCUT2D eigenvalue weighted by Gasteiger charge is 1.98. The van der Waals surface area contributed by atoms with Gasteiger partial charge in [-0.2, -0.15) is 0 Å². The van der Waals surface area contributed by atoms with Crippen LogP contribution in [0.1, 0.15) is 0 Å². The number of nitrogen functional groups attached to an aromatic ring is 2. The number of hydrogen-bond donors (Lipinski definition) is 3. The maximum atomic E-state index is 5.73. The van der Waals surface area contributed by atoms with E-state index in [1.54, 1.807) is 6.07 Å². The first-order valence-corrected chi connectivity index (χ1v) is 5.90. The summed E-state index contributed by atoms with van der Waals surface area (Å²) in [6, 6.07) is 13.7. The van der Waals surface area contributed by atoms with E-state index >= 15 is 0 Å². The average Bonchev–Trinajstić information content (AvgIpc) is 2.27. The Morgan fingerprint density at radius 2 is 1.44 bits per heavy atom. The summed E-state index contributed by atoms with van der Waals surface area (Å²) in [6.07, 6.45) is 0. The minimum absolute atomic E-state index is 0.593. The quantitative estimate of drug-likeness (QED) is 0.587. The van der Waals surface area contributed by atoms with Gasteiger partial charge in [0.25, 0.3) is 0 Å². The van der Waals surface area contributed by atoms with Crippen LogP contribution in [0.15, 0.2) is 42.5 Å². The van der Waals surface area contributed by atoms with E-state index in [1.165, 1.54) is 3.57 Å². The van der Waals surface area contributed by atoms with Gasteiger partial charge in [0.05, 0.1) is 11.4 Å². The lowest BCUT2D eigenvalue weighted by molar-refractivity contribution is 1.53. The van der Waals surface area contributed by atoms with Crippen LogP contribution in [0.4, 0.5) is 22.7 Å². The van der Waals surface area contributed by atoms with Crippen molar-refractivity contribution in [3.05, 3.63) is 46.0 Å². The van der Waals surface area contributed by atoms with Gasteiger partial charge in [0.1, 0.15) is 0 Å². The molecule has 0 saturated carbocycles. The van der Waals surface area contributed by atoms with E-state index in [4.69, 9.17) is 11.5 Å². The van der Waals surface area contributed by atoms with Gasteiger partial charge in [-0.1, -0.05) is 0 Å². The van der Waals surface area contributed by atoms with Gasteiger partial charge in [-0.25, -0.2) is 0 Å². The average molecular weight is 325 g/mol. The third-order valence-corrected chi connectivity index (χ3v) is 2.94. The van der Waals surface area contributed by atoms with Crippen molar-refractivity contribution in [2.24, 2.45) is 0 Å². The van der Waals surface area contributed by atoms with Gasteiger partial charge >= 0.3 is 0 Å². The van der Waals surface area contributed by atoms with Gasteiger partial charge in [-0.05, 0) is 65.1 Å². The van der Waals surface area contributed by atoms with Crippen molar-refractivity contribution >= 4 is 45.3 Å². The molecule has 0 aromatic heterocycles. The molecule has 0 amide bonds. The summed E-state index contributed by atoms with van der Waals surface area (Å²) in [7, 11) is 0. The minimum Gasteiger partial charge on any atom is -0.397 e. The summed E-state index contributed by atoms with van der Waals surface area (Å²) >= 11 is 2.27. The molecule has 2 rings (SSSR count). The number of anilines is 4. The zero-order valence-electron chi connectivity index (χ0n) is 8.57. The fraction of sp³-hybridized carbons (Fsp3) is 0. The standard InChI is InChI=1S/C12H12IN3/c13-8-1-3-9(4-2-8)16-10-5-6-11(14)12(15)7-10/h1-7,16H,14-15H2. The molecule has 0 spiro atoms. The Kier molecular flexibility index (Phi) is 3.19. The van der Waals surface area contributed by atoms with E-state index in [9.17, 15) is 0 Å². The van der Waals surface area contributed by atoms with Crippen LogP contribution >= 0.6 is 22.6 Å². The van der Waals surface area contributed by atoms with Crippen LogP contribution in [0.5, 0.6) is 0 Å². The Morgan fingerprint density at radius 3 is 2.06 bits per heavy atom. The molecule has 0 atom stereocenters. The zero-order chi connectivity index (χ0) is 11.5. The Morgan fingerprint density at radius 1 is 0.812 bits per heavy atom. The van der Waals surface area contributed by atoms with Gasteiger partial charge in [-0.3, -0.25) is 0 Å². The first-order chi connectivity index (χ1) is 7.65. The molecule has 0 saturated heterocycles. The summed E-state index contributed by atoms with van der Waals surface area (Å²) in [5.74, 6) is 0. The van der Waals surface area contributed by atoms with Crippen LogP contribution in [-0.4, -0.2) is 0 Å². The molecule has 0 bridgehead atoms. The highest BCUT2D eigenvalue weighted by atomic mass is 127. The summed E-state index contributed by atoms with van der Waals surface area (Å²) in [5, 5.41) is 3.26. The second-order valence-electron chi connectivity index (χ2n) is 3.48. The Balaban J connectivity index is 2.20. The van der Waals surface area contributed by atoms with Crippen LogP contribution in [-0.2, 0) is 0 Å². The number of benzene rings is 2.